The Morgan fingerprint density at radius 1 is 1.29 bits per heavy atom. The van der Waals surface area contributed by atoms with Gasteiger partial charge in [0, 0.05) is 22.5 Å². The summed E-state index contributed by atoms with van der Waals surface area (Å²) in [7, 11) is 0. The number of rotatable bonds is 4. The Bertz CT molecular complexity index is 647. The number of imidazole rings is 1. The zero-order valence-electron chi connectivity index (χ0n) is 12.8. The van der Waals surface area contributed by atoms with Gasteiger partial charge < -0.3 is 10.3 Å². The number of nitrogens with zero attached hydrogens (tertiary/aromatic N) is 2. The van der Waals surface area contributed by atoms with Gasteiger partial charge in [-0.1, -0.05) is 43.6 Å². The molecule has 2 aromatic rings. The van der Waals surface area contributed by atoms with Crippen LogP contribution in [0.3, 0.4) is 0 Å². The molecule has 2 rings (SSSR count). The first kappa shape index (κ1) is 16.0. The fraction of sp³-hybridized carbons (Fsp3) is 0.438. The van der Waals surface area contributed by atoms with E-state index < -0.39 is 0 Å². The molecule has 0 aliphatic heterocycles. The monoisotopic (exact) mass is 353 g/mol. The van der Waals surface area contributed by atoms with Crippen LogP contribution in [-0.2, 0) is 6.54 Å². The maximum absolute atomic E-state index is 13.5. The third-order valence-corrected chi connectivity index (χ3v) is 3.98. The topological polar surface area (TPSA) is 43.8 Å². The molecule has 1 heterocycles. The second-order valence-electron chi connectivity index (χ2n) is 5.99. The number of nitrogens with two attached hydrogens (primary N) is 1. The minimum atomic E-state index is -0.294. The van der Waals surface area contributed by atoms with Crippen LogP contribution in [0.4, 0.5) is 10.2 Å². The molecule has 0 amide bonds. The molecule has 0 unspecified atom stereocenters. The van der Waals surface area contributed by atoms with Crippen LogP contribution in [0.2, 0.25) is 0 Å². The van der Waals surface area contributed by atoms with Gasteiger partial charge in [-0.05, 0) is 24.1 Å². The van der Waals surface area contributed by atoms with Crippen LogP contribution in [0, 0.1) is 11.7 Å². The highest BCUT2D eigenvalue weighted by atomic mass is 79.9. The molecule has 0 bridgehead atoms. The van der Waals surface area contributed by atoms with Gasteiger partial charge in [-0.15, -0.1) is 0 Å². The highest BCUT2D eigenvalue weighted by molar-refractivity contribution is 9.10. The van der Waals surface area contributed by atoms with Crippen molar-refractivity contribution in [2.24, 2.45) is 5.92 Å². The molecule has 114 valence electrons. The maximum atomic E-state index is 13.5. The maximum Gasteiger partial charge on any atom is 0.131 e. The summed E-state index contributed by atoms with van der Waals surface area (Å²) in [5.74, 6) is 1.96. The van der Waals surface area contributed by atoms with Crippen LogP contribution in [0.15, 0.2) is 22.7 Å². The molecule has 5 heteroatoms. The summed E-state index contributed by atoms with van der Waals surface area (Å²) in [5.41, 5.74) is 7.63. The normalized spacial score (nSPS) is 11.6. The highest BCUT2D eigenvalue weighted by Crippen LogP contribution is 2.34. The van der Waals surface area contributed by atoms with Gasteiger partial charge in [0.25, 0.3) is 0 Å². The van der Waals surface area contributed by atoms with E-state index in [0.717, 1.165) is 16.8 Å². The molecule has 0 aliphatic rings. The van der Waals surface area contributed by atoms with Gasteiger partial charge in [-0.2, -0.15) is 0 Å². The van der Waals surface area contributed by atoms with E-state index in [9.17, 15) is 4.39 Å². The molecule has 0 fully saturated rings. The lowest BCUT2D eigenvalue weighted by Crippen LogP contribution is -2.12. The lowest BCUT2D eigenvalue weighted by atomic mass is 10.1. The Hall–Kier alpha value is -1.36. The Morgan fingerprint density at radius 2 is 1.95 bits per heavy atom. The average molecular weight is 354 g/mol. The van der Waals surface area contributed by atoms with Gasteiger partial charge in [-0.25, -0.2) is 9.37 Å². The molecular weight excluding hydrogens is 333 g/mol. The number of nitrogen functional groups attached to an aromatic ring is 1. The molecule has 0 radical (unpaired) electrons. The Labute approximate surface area is 133 Å². The second-order valence-corrected chi connectivity index (χ2v) is 6.84. The first-order chi connectivity index (χ1) is 9.81. The fourth-order valence-corrected chi connectivity index (χ4v) is 2.79. The smallest absolute Gasteiger partial charge is 0.131 e. The van der Waals surface area contributed by atoms with E-state index in [1.165, 1.54) is 12.1 Å². The van der Waals surface area contributed by atoms with E-state index in [-0.39, 0.29) is 11.7 Å². The summed E-state index contributed by atoms with van der Waals surface area (Å²) in [6.07, 6.45) is 0. The van der Waals surface area contributed by atoms with E-state index in [0.29, 0.717) is 23.0 Å². The lowest BCUT2D eigenvalue weighted by Gasteiger charge is -2.14. The number of aromatic nitrogens is 2. The number of anilines is 1. The van der Waals surface area contributed by atoms with Gasteiger partial charge in [0.05, 0.1) is 0 Å². The minimum absolute atomic E-state index is 0.257. The predicted octanol–water partition coefficient (Wildman–Crippen LogP) is 4.81. The standard InChI is InChI=1S/C16H21BrFN3/c1-9(2)8-21-15(19)14(20-16(21)10(3)4)12-7-11(18)5-6-13(12)17/h5-7,9-10H,8,19H2,1-4H3. The van der Waals surface area contributed by atoms with E-state index in [1.807, 2.05) is 4.57 Å². The van der Waals surface area contributed by atoms with Crippen LogP contribution >= 0.6 is 15.9 Å². The molecule has 3 nitrogen and oxygen atoms in total. The van der Waals surface area contributed by atoms with Crippen molar-refractivity contribution in [3.05, 3.63) is 34.3 Å². The van der Waals surface area contributed by atoms with E-state index in [2.05, 4.69) is 48.6 Å². The summed E-state index contributed by atoms with van der Waals surface area (Å²) < 4.78 is 16.4. The quantitative estimate of drug-likeness (QED) is 0.856. The highest BCUT2D eigenvalue weighted by Gasteiger charge is 2.20. The van der Waals surface area contributed by atoms with Crippen molar-refractivity contribution in [2.45, 2.75) is 40.2 Å². The van der Waals surface area contributed by atoms with Crippen LogP contribution in [0.1, 0.15) is 39.4 Å². The number of benzene rings is 1. The van der Waals surface area contributed by atoms with Gasteiger partial charge in [-0.3, -0.25) is 0 Å². The van der Waals surface area contributed by atoms with E-state index in [4.69, 9.17) is 5.73 Å². The van der Waals surface area contributed by atoms with Crippen molar-refractivity contribution < 1.29 is 4.39 Å². The summed E-state index contributed by atoms with van der Waals surface area (Å²) in [6.45, 7) is 9.26. The zero-order chi connectivity index (χ0) is 15.7. The van der Waals surface area contributed by atoms with Crippen molar-refractivity contribution in [1.29, 1.82) is 0 Å². The molecule has 21 heavy (non-hydrogen) atoms. The third-order valence-electron chi connectivity index (χ3n) is 3.28. The molecule has 0 atom stereocenters. The molecule has 1 aromatic heterocycles. The average Bonchev–Trinajstić information content (AvgIpc) is 2.70. The Balaban J connectivity index is 2.62. The summed E-state index contributed by atoms with van der Waals surface area (Å²) in [5, 5.41) is 0. The molecule has 0 saturated heterocycles. The van der Waals surface area contributed by atoms with Gasteiger partial charge >= 0.3 is 0 Å². The number of halogens is 2. The number of hydrogen-bond acceptors (Lipinski definition) is 2. The van der Waals surface area contributed by atoms with Crippen LogP contribution in [0.25, 0.3) is 11.3 Å². The van der Waals surface area contributed by atoms with Crippen molar-refractivity contribution in [3.63, 3.8) is 0 Å². The second kappa shape index (κ2) is 6.18. The van der Waals surface area contributed by atoms with Gasteiger partial charge in [0.15, 0.2) is 0 Å². The molecule has 0 saturated carbocycles. The lowest BCUT2D eigenvalue weighted by molar-refractivity contribution is 0.502. The molecular formula is C16H21BrFN3. The van der Waals surface area contributed by atoms with Crippen molar-refractivity contribution in [1.82, 2.24) is 9.55 Å². The van der Waals surface area contributed by atoms with Crippen molar-refractivity contribution in [3.8, 4) is 11.3 Å². The van der Waals surface area contributed by atoms with Gasteiger partial charge in [0.2, 0.25) is 0 Å². The van der Waals surface area contributed by atoms with Crippen molar-refractivity contribution in [2.75, 3.05) is 5.73 Å². The summed E-state index contributed by atoms with van der Waals surface area (Å²) in [6, 6.07) is 4.56. The molecule has 2 N–H and O–H groups in total. The molecule has 0 spiro atoms. The van der Waals surface area contributed by atoms with Crippen LogP contribution in [0.5, 0.6) is 0 Å². The fourth-order valence-electron chi connectivity index (χ4n) is 2.36. The molecule has 0 aliphatic carbocycles. The molecule has 1 aromatic carbocycles. The zero-order valence-corrected chi connectivity index (χ0v) is 14.4. The van der Waals surface area contributed by atoms with Crippen LogP contribution < -0.4 is 5.73 Å². The minimum Gasteiger partial charge on any atom is -0.383 e. The third kappa shape index (κ3) is 3.28. The van der Waals surface area contributed by atoms with E-state index >= 15 is 0 Å². The van der Waals surface area contributed by atoms with Crippen molar-refractivity contribution >= 4 is 21.7 Å². The first-order valence-corrected chi connectivity index (χ1v) is 7.91. The largest absolute Gasteiger partial charge is 0.383 e. The van der Waals surface area contributed by atoms with E-state index in [1.54, 1.807) is 6.07 Å². The SMILES string of the molecule is CC(C)Cn1c(C(C)C)nc(-c2cc(F)ccc2Br)c1N. The summed E-state index contributed by atoms with van der Waals surface area (Å²) in [4.78, 5) is 4.68. The number of hydrogen-bond donors (Lipinski definition) is 1. The Morgan fingerprint density at radius 3 is 2.52 bits per heavy atom. The van der Waals surface area contributed by atoms with Gasteiger partial charge in [0.1, 0.15) is 23.2 Å². The Kier molecular flexibility index (Phi) is 4.71. The first-order valence-electron chi connectivity index (χ1n) is 7.12. The summed E-state index contributed by atoms with van der Waals surface area (Å²) >= 11 is 3.45. The van der Waals surface area contributed by atoms with Crippen LogP contribution in [-0.4, -0.2) is 9.55 Å². The predicted molar refractivity (Wildman–Crippen MR) is 88.7 cm³/mol.